The van der Waals surface area contributed by atoms with Crippen molar-refractivity contribution < 1.29 is 39.9 Å². The number of halogens is 6. The van der Waals surface area contributed by atoms with Gasteiger partial charge < -0.3 is 4.74 Å². The smallest absolute Gasteiger partial charge is 0.417 e. The van der Waals surface area contributed by atoms with Crippen LogP contribution in [0.2, 0.25) is 0 Å². The second-order valence-electron chi connectivity index (χ2n) is 5.58. The number of hydrogen-bond donors (Lipinski definition) is 0. The summed E-state index contributed by atoms with van der Waals surface area (Å²) in [6.07, 6.45) is -6.64. The van der Waals surface area contributed by atoms with Gasteiger partial charge >= 0.3 is 12.1 Å². The zero-order valence-corrected chi connectivity index (χ0v) is 15.6. The zero-order valence-electron chi connectivity index (χ0n) is 13.2. The first-order chi connectivity index (χ1) is 11.8. The summed E-state index contributed by atoms with van der Waals surface area (Å²) in [6, 6.07) is 0.999. The summed E-state index contributed by atoms with van der Waals surface area (Å²) in [4.78, 5) is 10.5. The molecule has 5 nitrogen and oxygen atoms in total. The third kappa shape index (κ3) is 4.17. The first kappa shape index (κ1) is 21.0. The second kappa shape index (κ2) is 7.04. The van der Waals surface area contributed by atoms with Crippen LogP contribution in [0.4, 0.5) is 22.0 Å². The minimum Gasteiger partial charge on any atom is -0.465 e. The molecule has 12 heteroatoms. The van der Waals surface area contributed by atoms with Crippen LogP contribution in [0.3, 0.4) is 0 Å². The molecule has 0 N–H and O–H groups in total. The number of hydrogen-bond acceptors (Lipinski definition) is 4. The summed E-state index contributed by atoms with van der Waals surface area (Å²) in [5.41, 5.74) is -1.93. The summed E-state index contributed by atoms with van der Waals surface area (Å²) in [7, 11) is -3.78. The summed E-state index contributed by atoms with van der Waals surface area (Å²) in [5.74, 6) is -4.12. The molecule has 0 amide bonds. The summed E-state index contributed by atoms with van der Waals surface area (Å²) in [5, 5.41) is 0. The first-order valence-corrected chi connectivity index (χ1v) is 9.40. The Morgan fingerprint density at radius 3 is 2.23 bits per heavy atom. The monoisotopic (exact) mass is 465 g/mol. The Labute approximate surface area is 154 Å². The van der Waals surface area contributed by atoms with E-state index in [1.165, 1.54) is 0 Å². The van der Waals surface area contributed by atoms with Gasteiger partial charge in [-0.2, -0.15) is 17.5 Å². The SMILES string of the molecule is COC(=O)c1cc(S(=O)(=O)N2CCC(F)(F)CC2)c(C(F)(F)F)cc1Br. The standard InChI is InChI=1S/C14H13BrF5NO4S/c1-25-12(22)8-6-11(9(7-10(8)15)14(18,19)20)26(23,24)21-4-2-13(16,17)3-5-21/h6-7H,2-5H2,1H3. The van der Waals surface area contributed by atoms with Gasteiger partial charge in [0.25, 0.3) is 5.92 Å². The van der Waals surface area contributed by atoms with Crippen molar-refractivity contribution in [3.63, 3.8) is 0 Å². The predicted molar refractivity (Wildman–Crippen MR) is 83.4 cm³/mol. The Morgan fingerprint density at radius 2 is 1.77 bits per heavy atom. The molecule has 1 aromatic rings. The maximum absolute atomic E-state index is 13.3. The molecule has 2 rings (SSSR count). The Kier molecular flexibility index (Phi) is 5.70. The molecule has 1 aromatic carbocycles. The average Bonchev–Trinajstić information content (AvgIpc) is 2.52. The van der Waals surface area contributed by atoms with E-state index in [0.717, 1.165) is 7.11 Å². The van der Waals surface area contributed by atoms with E-state index in [1.807, 2.05) is 0 Å². The van der Waals surface area contributed by atoms with Crippen molar-refractivity contribution in [2.24, 2.45) is 0 Å². The summed E-state index contributed by atoms with van der Waals surface area (Å²) >= 11 is 2.78. The predicted octanol–water partition coefficient (Wildman–Crippen LogP) is 3.67. The van der Waals surface area contributed by atoms with E-state index in [0.29, 0.717) is 16.4 Å². The molecule has 146 valence electrons. The van der Waals surface area contributed by atoms with E-state index < -0.39 is 70.0 Å². The van der Waals surface area contributed by atoms with E-state index >= 15 is 0 Å². The molecule has 1 heterocycles. The largest absolute Gasteiger partial charge is 0.465 e. The number of rotatable bonds is 3. The van der Waals surface area contributed by atoms with Crippen molar-refractivity contribution in [1.29, 1.82) is 0 Å². The van der Waals surface area contributed by atoms with Crippen molar-refractivity contribution in [2.45, 2.75) is 29.8 Å². The van der Waals surface area contributed by atoms with Gasteiger partial charge in [0, 0.05) is 30.4 Å². The third-order valence-electron chi connectivity index (χ3n) is 3.85. The maximum atomic E-state index is 13.3. The van der Waals surface area contributed by atoms with Crippen molar-refractivity contribution in [2.75, 3.05) is 20.2 Å². The first-order valence-electron chi connectivity index (χ1n) is 7.16. The molecule has 1 aliphatic heterocycles. The number of alkyl halides is 5. The molecule has 0 unspecified atom stereocenters. The molecule has 0 bridgehead atoms. The fourth-order valence-corrected chi connectivity index (χ4v) is 4.61. The van der Waals surface area contributed by atoms with Crippen LogP contribution in [0.25, 0.3) is 0 Å². The molecule has 0 saturated carbocycles. The molecular weight excluding hydrogens is 453 g/mol. The van der Waals surface area contributed by atoms with Gasteiger partial charge in [-0.05, 0) is 28.1 Å². The molecule has 1 saturated heterocycles. The third-order valence-corrected chi connectivity index (χ3v) is 6.45. The van der Waals surface area contributed by atoms with Crippen LogP contribution in [0.5, 0.6) is 0 Å². The molecule has 0 spiro atoms. The Balaban J connectivity index is 2.60. The lowest BCUT2D eigenvalue weighted by Gasteiger charge is -2.31. The van der Waals surface area contributed by atoms with Crippen LogP contribution < -0.4 is 0 Å². The molecule has 1 aliphatic rings. The Bertz CT molecular complexity index is 815. The lowest BCUT2D eigenvalue weighted by molar-refractivity contribution is -0.140. The highest BCUT2D eigenvalue weighted by molar-refractivity contribution is 9.10. The fraction of sp³-hybridized carbons (Fsp3) is 0.500. The van der Waals surface area contributed by atoms with Crippen LogP contribution in [0.1, 0.15) is 28.8 Å². The van der Waals surface area contributed by atoms with Crippen LogP contribution in [0.15, 0.2) is 21.5 Å². The fourth-order valence-electron chi connectivity index (χ4n) is 2.45. The van der Waals surface area contributed by atoms with Crippen molar-refractivity contribution in [3.8, 4) is 0 Å². The lowest BCUT2D eigenvalue weighted by atomic mass is 10.1. The minimum atomic E-state index is -5.04. The van der Waals surface area contributed by atoms with Crippen LogP contribution in [-0.2, 0) is 20.9 Å². The Morgan fingerprint density at radius 1 is 1.23 bits per heavy atom. The molecule has 0 aromatic heterocycles. The summed E-state index contributed by atoms with van der Waals surface area (Å²) < 4.78 is 96.4. The highest BCUT2D eigenvalue weighted by Gasteiger charge is 2.43. The van der Waals surface area contributed by atoms with E-state index in [1.54, 1.807) is 0 Å². The van der Waals surface area contributed by atoms with Gasteiger partial charge in [-0.15, -0.1) is 0 Å². The molecule has 0 aliphatic carbocycles. The van der Waals surface area contributed by atoms with Gasteiger partial charge in [0.1, 0.15) is 0 Å². The van der Waals surface area contributed by atoms with Crippen LogP contribution in [0, 0.1) is 0 Å². The van der Waals surface area contributed by atoms with E-state index in [-0.39, 0.29) is 4.47 Å². The van der Waals surface area contributed by atoms with Gasteiger partial charge in [0.2, 0.25) is 10.0 Å². The van der Waals surface area contributed by atoms with Crippen molar-refractivity contribution in [3.05, 3.63) is 27.7 Å². The average molecular weight is 466 g/mol. The molecule has 0 radical (unpaired) electrons. The second-order valence-corrected chi connectivity index (χ2v) is 8.34. The Hall–Kier alpha value is -1.27. The molecule has 26 heavy (non-hydrogen) atoms. The van der Waals surface area contributed by atoms with Gasteiger partial charge in [-0.1, -0.05) is 0 Å². The molecule has 0 atom stereocenters. The highest BCUT2D eigenvalue weighted by Crippen LogP contribution is 2.40. The number of esters is 1. The number of ether oxygens (including phenoxy) is 1. The lowest BCUT2D eigenvalue weighted by Crippen LogP contribution is -2.43. The number of carbonyl (C=O) groups is 1. The number of sulfonamides is 1. The molecular formula is C14H13BrF5NO4S. The van der Waals surface area contributed by atoms with Gasteiger partial charge in [0.05, 0.1) is 23.1 Å². The summed E-state index contributed by atoms with van der Waals surface area (Å²) in [6.45, 7) is -1.26. The van der Waals surface area contributed by atoms with E-state index in [9.17, 15) is 35.2 Å². The number of piperidine rings is 1. The number of nitrogens with zero attached hydrogens (tertiary/aromatic N) is 1. The van der Waals surface area contributed by atoms with Crippen molar-refractivity contribution >= 4 is 31.9 Å². The highest BCUT2D eigenvalue weighted by atomic mass is 79.9. The molecule has 1 fully saturated rings. The van der Waals surface area contributed by atoms with Gasteiger partial charge in [0.15, 0.2) is 0 Å². The number of carbonyl (C=O) groups excluding carboxylic acids is 1. The zero-order chi connectivity index (χ0) is 19.9. The van der Waals surface area contributed by atoms with Gasteiger partial charge in [-0.25, -0.2) is 22.0 Å². The quantitative estimate of drug-likeness (QED) is 0.504. The van der Waals surface area contributed by atoms with Crippen molar-refractivity contribution in [1.82, 2.24) is 4.31 Å². The van der Waals surface area contributed by atoms with E-state index in [4.69, 9.17) is 0 Å². The van der Waals surface area contributed by atoms with Crippen LogP contribution in [-0.4, -0.2) is 44.8 Å². The maximum Gasteiger partial charge on any atom is 0.417 e. The topological polar surface area (TPSA) is 63.7 Å². The normalized spacial score (nSPS) is 18.6. The minimum absolute atomic E-state index is 0.305. The number of benzene rings is 1. The van der Waals surface area contributed by atoms with E-state index in [2.05, 4.69) is 20.7 Å². The van der Waals surface area contributed by atoms with Gasteiger partial charge in [-0.3, -0.25) is 0 Å². The van der Waals surface area contributed by atoms with Crippen LogP contribution >= 0.6 is 15.9 Å². The number of methoxy groups -OCH3 is 1.